The van der Waals surface area contributed by atoms with Crippen LogP contribution in [0.4, 0.5) is 0 Å². The van der Waals surface area contributed by atoms with Gasteiger partial charge >= 0.3 is 0 Å². The quantitative estimate of drug-likeness (QED) is 0.748. The minimum absolute atomic E-state index is 0.551. The topological polar surface area (TPSA) is 37.8 Å². The van der Waals surface area contributed by atoms with Crippen LogP contribution in [-0.4, -0.2) is 16.5 Å². The van der Waals surface area contributed by atoms with Crippen LogP contribution < -0.4 is 5.32 Å². The van der Waals surface area contributed by atoms with Gasteiger partial charge in [0, 0.05) is 12.2 Å². The van der Waals surface area contributed by atoms with Gasteiger partial charge in [0.25, 0.3) is 0 Å². The lowest BCUT2D eigenvalue weighted by Gasteiger charge is -2.20. The predicted molar refractivity (Wildman–Crippen MR) is 67.0 cm³/mol. The van der Waals surface area contributed by atoms with E-state index in [1.54, 1.807) is 0 Å². The minimum Gasteiger partial charge on any atom is -0.310 e. The fraction of sp³-hybridized carbons (Fsp3) is 0.429. The molecule has 2 aliphatic rings. The molecule has 2 aromatic rings. The van der Waals surface area contributed by atoms with Crippen molar-refractivity contribution in [2.75, 3.05) is 6.54 Å². The molecule has 0 spiro atoms. The summed E-state index contributed by atoms with van der Waals surface area (Å²) in [5.74, 6) is 0.740. The first-order chi connectivity index (χ1) is 8.31. The van der Waals surface area contributed by atoms with E-state index in [0.717, 1.165) is 29.2 Å². The molecule has 2 bridgehead atoms. The number of aromatic nitrogens is 2. The smallest absolute Gasteiger partial charge is 0.0893 e. The number of fused-ring (bicyclic) bond motifs is 6. The molecular weight excluding hydrogens is 210 g/mol. The first-order valence-corrected chi connectivity index (χ1v) is 6.32. The molecule has 4 rings (SSSR count). The first kappa shape index (κ1) is 9.54. The van der Waals surface area contributed by atoms with E-state index >= 15 is 0 Å². The molecule has 17 heavy (non-hydrogen) atoms. The van der Waals surface area contributed by atoms with Crippen LogP contribution in [0.1, 0.15) is 41.6 Å². The molecule has 1 aliphatic carbocycles. The predicted octanol–water partition coefficient (Wildman–Crippen LogP) is 2.46. The Hall–Kier alpha value is -1.48. The molecule has 1 aliphatic heterocycles. The van der Waals surface area contributed by atoms with Gasteiger partial charge in [-0.1, -0.05) is 0 Å². The molecule has 1 N–H and O–H groups in total. The first-order valence-electron chi connectivity index (χ1n) is 6.32. The van der Waals surface area contributed by atoms with E-state index in [1.807, 2.05) is 13.1 Å². The van der Waals surface area contributed by atoms with Crippen LogP contribution in [0.25, 0.3) is 11.0 Å². The van der Waals surface area contributed by atoms with Crippen LogP contribution in [0.2, 0.25) is 0 Å². The molecule has 2 unspecified atom stereocenters. The van der Waals surface area contributed by atoms with Crippen molar-refractivity contribution < 1.29 is 0 Å². The van der Waals surface area contributed by atoms with E-state index in [4.69, 9.17) is 0 Å². The summed E-state index contributed by atoms with van der Waals surface area (Å²) in [5, 5.41) is 3.60. The Bertz CT molecular complexity index is 606. The highest BCUT2D eigenvalue weighted by Crippen LogP contribution is 2.45. The number of piperidine rings is 1. The molecule has 3 heteroatoms. The minimum atomic E-state index is 0.551. The maximum Gasteiger partial charge on any atom is 0.0893 e. The van der Waals surface area contributed by atoms with E-state index in [1.165, 1.54) is 24.0 Å². The third-order valence-corrected chi connectivity index (χ3v) is 4.09. The van der Waals surface area contributed by atoms with Crippen molar-refractivity contribution in [1.29, 1.82) is 0 Å². The van der Waals surface area contributed by atoms with Crippen LogP contribution >= 0.6 is 0 Å². The second kappa shape index (κ2) is 3.26. The Kier molecular flexibility index (Phi) is 1.83. The van der Waals surface area contributed by atoms with Crippen molar-refractivity contribution in [3.63, 3.8) is 0 Å². The zero-order valence-electron chi connectivity index (χ0n) is 9.90. The zero-order valence-corrected chi connectivity index (χ0v) is 9.90. The fourth-order valence-corrected chi connectivity index (χ4v) is 3.28. The van der Waals surface area contributed by atoms with Gasteiger partial charge in [0.2, 0.25) is 0 Å². The lowest BCUT2D eigenvalue weighted by atomic mass is 9.96. The third kappa shape index (κ3) is 1.32. The largest absolute Gasteiger partial charge is 0.310 e. The van der Waals surface area contributed by atoms with E-state index in [9.17, 15) is 0 Å². The summed E-state index contributed by atoms with van der Waals surface area (Å²) < 4.78 is 0. The third-order valence-electron chi connectivity index (χ3n) is 4.09. The second-order valence-corrected chi connectivity index (χ2v) is 5.21. The highest BCUT2D eigenvalue weighted by molar-refractivity contribution is 5.77. The van der Waals surface area contributed by atoms with E-state index in [-0.39, 0.29) is 0 Å². The van der Waals surface area contributed by atoms with E-state index in [0.29, 0.717) is 6.04 Å². The number of nitrogens with one attached hydrogen (secondary N) is 1. The molecule has 0 amide bonds. The second-order valence-electron chi connectivity index (χ2n) is 5.21. The van der Waals surface area contributed by atoms with Crippen LogP contribution in [0.5, 0.6) is 0 Å². The number of hydrogen-bond acceptors (Lipinski definition) is 3. The fourth-order valence-electron chi connectivity index (χ4n) is 3.28. The van der Waals surface area contributed by atoms with Gasteiger partial charge in [0.05, 0.1) is 16.7 Å². The number of hydrogen-bond donors (Lipinski definition) is 1. The van der Waals surface area contributed by atoms with Gasteiger partial charge in [-0.3, -0.25) is 4.98 Å². The molecule has 0 radical (unpaired) electrons. The summed E-state index contributed by atoms with van der Waals surface area (Å²) in [7, 11) is 0. The lowest BCUT2D eigenvalue weighted by molar-refractivity contribution is 0.410. The summed E-state index contributed by atoms with van der Waals surface area (Å²) in [6, 6.07) is 5.05. The van der Waals surface area contributed by atoms with Crippen molar-refractivity contribution >= 4 is 11.0 Å². The molecule has 2 heterocycles. The van der Waals surface area contributed by atoms with Crippen LogP contribution in [0, 0.1) is 6.92 Å². The molecule has 2 atom stereocenters. The molecule has 1 aromatic heterocycles. The van der Waals surface area contributed by atoms with Gasteiger partial charge in [0.1, 0.15) is 0 Å². The Morgan fingerprint density at radius 2 is 2.12 bits per heavy atom. The average molecular weight is 225 g/mol. The standard InChI is InChI=1S/C14H15N3/c1-8-7-16-13-5-10-9-2-3-15-12(4-9)11(10)6-14(13)17-8/h5-7,9,12,15H,2-4H2,1H3. The van der Waals surface area contributed by atoms with Crippen molar-refractivity contribution in [1.82, 2.24) is 15.3 Å². The SMILES string of the molecule is Cc1cnc2cc3c(cc2n1)C1CC3CCN1. The molecule has 0 saturated carbocycles. The van der Waals surface area contributed by atoms with Crippen LogP contribution in [0.3, 0.4) is 0 Å². The number of benzene rings is 1. The zero-order chi connectivity index (χ0) is 11.4. The number of nitrogens with zero attached hydrogens (tertiary/aromatic N) is 2. The Morgan fingerprint density at radius 1 is 1.24 bits per heavy atom. The number of rotatable bonds is 0. The van der Waals surface area contributed by atoms with Gasteiger partial charge in [0.15, 0.2) is 0 Å². The molecule has 3 nitrogen and oxygen atoms in total. The van der Waals surface area contributed by atoms with Gasteiger partial charge < -0.3 is 5.32 Å². The summed E-state index contributed by atoms with van der Waals surface area (Å²) in [6.07, 6.45) is 4.37. The molecule has 1 fully saturated rings. The van der Waals surface area contributed by atoms with Crippen LogP contribution in [-0.2, 0) is 0 Å². The maximum atomic E-state index is 4.58. The summed E-state index contributed by atoms with van der Waals surface area (Å²) in [6.45, 7) is 3.14. The molecule has 1 aromatic carbocycles. The highest BCUT2D eigenvalue weighted by Gasteiger charge is 2.34. The van der Waals surface area contributed by atoms with Gasteiger partial charge in [-0.2, -0.15) is 0 Å². The highest BCUT2D eigenvalue weighted by atomic mass is 14.9. The molecule has 86 valence electrons. The van der Waals surface area contributed by atoms with Crippen molar-refractivity contribution in [3.8, 4) is 0 Å². The number of aryl methyl sites for hydroxylation is 1. The van der Waals surface area contributed by atoms with Crippen molar-refractivity contribution in [3.05, 3.63) is 35.2 Å². The van der Waals surface area contributed by atoms with Crippen molar-refractivity contribution in [2.45, 2.75) is 31.7 Å². The summed E-state index contributed by atoms with van der Waals surface area (Å²) in [4.78, 5) is 9.07. The van der Waals surface area contributed by atoms with Crippen LogP contribution in [0.15, 0.2) is 18.3 Å². The summed E-state index contributed by atoms with van der Waals surface area (Å²) >= 11 is 0. The average Bonchev–Trinajstić information content (AvgIpc) is 2.59. The Labute approximate surface area is 100 Å². The van der Waals surface area contributed by atoms with Gasteiger partial charge in [-0.25, -0.2) is 4.98 Å². The normalized spacial score (nSPS) is 26.2. The van der Waals surface area contributed by atoms with Gasteiger partial charge in [-0.15, -0.1) is 0 Å². The van der Waals surface area contributed by atoms with E-state index in [2.05, 4.69) is 27.4 Å². The van der Waals surface area contributed by atoms with Gasteiger partial charge in [-0.05, 0) is 55.5 Å². The molecular formula is C14H15N3. The Morgan fingerprint density at radius 3 is 3.06 bits per heavy atom. The molecule has 1 saturated heterocycles. The maximum absolute atomic E-state index is 4.58. The monoisotopic (exact) mass is 225 g/mol. The van der Waals surface area contributed by atoms with E-state index < -0.39 is 0 Å². The Balaban J connectivity index is 1.99. The van der Waals surface area contributed by atoms with Crippen molar-refractivity contribution in [2.24, 2.45) is 0 Å². The summed E-state index contributed by atoms with van der Waals surface area (Å²) in [5.41, 5.74) is 6.04. The lowest BCUT2D eigenvalue weighted by Crippen LogP contribution is -2.24.